The van der Waals surface area contributed by atoms with Gasteiger partial charge in [-0.3, -0.25) is 4.79 Å². The van der Waals surface area contributed by atoms with Gasteiger partial charge in [0.05, 0.1) is 10.0 Å². The highest BCUT2D eigenvalue weighted by Gasteiger charge is 2.21. The van der Waals surface area contributed by atoms with E-state index in [4.69, 9.17) is 27.4 Å². The molecule has 0 radical (unpaired) electrons. The van der Waals surface area contributed by atoms with E-state index >= 15 is 0 Å². The monoisotopic (exact) mass is 536 g/mol. The average Bonchev–Trinajstić information content (AvgIpc) is 2.85. The van der Waals surface area contributed by atoms with E-state index in [9.17, 15) is 18.5 Å². The first-order valence-corrected chi connectivity index (χ1v) is 12.8. The van der Waals surface area contributed by atoms with Crippen molar-refractivity contribution in [1.29, 1.82) is 5.26 Å². The summed E-state index contributed by atoms with van der Waals surface area (Å²) in [6, 6.07) is 23.7. The molecular weight excluding hydrogens is 519 g/mol. The molecule has 4 aromatic carbocycles. The summed E-state index contributed by atoms with van der Waals surface area (Å²) in [6.45, 7) is 1.83. The first-order chi connectivity index (χ1) is 17.2. The Morgan fingerprint density at radius 1 is 0.972 bits per heavy atom. The summed E-state index contributed by atoms with van der Waals surface area (Å²) in [5.74, 6) is -0.877. The topological polar surface area (TPSA) is 96.3 Å². The molecule has 0 saturated carbocycles. The normalized spacial score (nSPS) is 11.7. The number of rotatable bonds is 6. The molecule has 1 N–H and O–H groups in total. The fourth-order valence-electron chi connectivity index (χ4n) is 3.44. The van der Waals surface area contributed by atoms with Gasteiger partial charge in [0, 0.05) is 11.1 Å². The number of carbonyl (C=O) groups excluding carboxylic acids is 1. The Morgan fingerprint density at radius 2 is 1.61 bits per heavy atom. The van der Waals surface area contributed by atoms with E-state index in [2.05, 4.69) is 5.32 Å². The summed E-state index contributed by atoms with van der Waals surface area (Å²) in [5, 5.41) is 13.9. The van der Waals surface area contributed by atoms with Crippen LogP contribution in [0.3, 0.4) is 0 Å². The number of amides is 1. The number of fused-ring (bicyclic) bond motifs is 1. The smallest absolute Gasteiger partial charge is 0.339 e. The van der Waals surface area contributed by atoms with Gasteiger partial charge < -0.3 is 9.50 Å². The molecule has 0 heterocycles. The fourth-order valence-corrected chi connectivity index (χ4v) is 5.08. The molecule has 0 saturated heterocycles. The van der Waals surface area contributed by atoms with E-state index in [1.807, 2.05) is 43.3 Å². The van der Waals surface area contributed by atoms with E-state index in [1.165, 1.54) is 30.3 Å². The molecule has 0 fully saturated rings. The van der Waals surface area contributed by atoms with Crippen LogP contribution in [0.2, 0.25) is 10.0 Å². The van der Waals surface area contributed by atoms with Crippen LogP contribution in [0, 0.1) is 18.3 Å². The Balaban J connectivity index is 1.60. The van der Waals surface area contributed by atoms with Crippen LogP contribution < -0.4 is 9.50 Å². The molecule has 0 aliphatic heterocycles. The minimum Gasteiger partial charge on any atom is -0.376 e. The van der Waals surface area contributed by atoms with Gasteiger partial charge in [-0.2, -0.15) is 13.7 Å². The number of hydrogen-bond acceptors (Lipinski definition) is 5. The third kappa shape index (κ3) is 5.52. The molecule has 6 nitrogen and oxygen atoms in total. The van der Waals surface area contributed by atoms with Gasteiger partial charge in [-0.1, -0.05) is 77.3 Å². The Morgan fingerprint density at radius 3 is 2.28 bits per heavy atom. The Bertz CT molecular complexity index is 1630. The number of hydrogen-bond donors (Lipinski definition) is 1. The van der Waals surface area contributed by atoms with Crippen molar-refractivity contribution in [2.75, 3.05) is 5.32 Å². The van der Waals surface area contributed by atoms with Crippen molar-refractivity contribution in [3.63, 3.8) is 0 Å². The average molecular weight is 537 g/mol. The summed E-state index contributed by atoms with van der Waals surface area (Å²) >= 11 is 12.5. The van der Waals surface area contributed by atoms with Crippen molar-refractivity contribution in [2.45, 2.75) is 11.8 Å². The minimum absolute atomic E-state index is 0.0546. The number of anilines is 1. The number of benzene rings is 4. The van der Waals surface area contributed by atoms with Crippen LogP contribution in [0.25, 0.3) is 16.8 Å². The van der Waals surface area contributed by atoms with Gasteiger partial charge in [-0.15, -0.1) is 0 Å². The maximum Gasteiger partial charge on any atom is 0.339 e. The predicted octanol–water partition coefficient (Wildman–Crippen LogP) is 6.77. The molecule has 0 spiro atoms. The van der Waals surface area contributed by atoms with Crippen molar-refractivity contribution in [3.05, 3.63) is 106 Å². The van der Waals surface area contributed by atoms with Crippen LogP contribution in [0.4, 0.5) is 5.69 Å². The highest BCUT2D eigenvalue weighted by atomic mass is 35.5. The number of nitrogens with zero attached hydrogens (tertiary/aromatic N) is 1. The Kier molecular flexibility index (Phi) is 7.32. The lowest BCUT2D eigenvalue weighted by atomic mass is 10.1. The number of aryl methyl sites for hydroxylation is 1. The van der Waals surface area contributed by atoms with Crippen LogP contribution in [0.1, 0.15) is 11.1 Å². The van der Waals surface area contributed by atoms with Gasteiger partial charge in [0.2, 0.25) is 0 Å². The molecule has 4 aromatic rings. The largest absolute Gasteiger partial charge is 0.376 e. The summed E-state index contributed by atoms with van der Waals surface area (Å²) < 4.78 is 30.5. The standard InChI is InChI=1S/C27H18Cl2N2O4S/c1-17-9-11-21(12-10-17)36(33,34)35-26-23(28)14-18(15-24(26)29)13-20(16-30)27(32)31-25-8-4-6-19-5-2-3-7-22(19)25/h2-15H,1H3,(H,31,32)/b20-13+. The van der Waals surface area contributed by atoms with Gasteiger partial charge in [0.25, 0.3) is 5.91 Å². The fraction of sp³-hybridized carbons (Fsp3) is 0.0370. The number of carbonyl (C=O) groups is 1. The lowest BCUT2D eigenvalue weighted by molar-refractivity contribution is -0.112. The minimum atomic E-state index is -4.18. The van der Waals surface area contributed by atoms with Gasteiger partial charge in [0.1, 0.15) is 16.5 Å². The lowest BCUT2D eigenvalue weighted by Crippen LogP contribution is -2.13. The van der Waals surface area contributed by atoms with E-state index in [1.54, 1.807) is 24.3 Å². The summed E-state index contributed by atoms with van der Waals surface area (Å²) in [7, 11) is -4.18. The molecule has 180 valence electrons. The SMILES string of the molecule is Cc1ccc(S(=O)(=O)Oc2c(Cl)cc(/C=C(\C#N)C(=O)Nc3cccc4ccccc34)cc2Cl)cc1. The second kappa shape index (κ2) is 10.4. The van der Waals surface area contributed by atoms with Crippen molar-refractivity contribution in [1.82, 2.24) is 0 Å². The lowest BCUT2D eigenvalue weighted by Gasteiger charge is -2.11. The maximum absolute atomic E-state index is 12.8. The number of halogens is 2. The zero-order chi connectivity index (χ0) is 25.9. The second-order valence-corrected chi connectivity index (χ2v) is 10.2. The van der Waals surface area contributed by atoms with E-state index in [0.717, 1.165) is 16.3 Å². The van der Waals surface area contributed by atoms with Crippen LogP contribution in [0.5, 0.6) is 5.75 Å². The van der Waals surface area contributed by atoms with Crippen LogP contribution in [-0.4, -0.2) is 14.3 Å². The van der Waals surface area contributed by atoms with E-state index in [-0.39, 0.29) is 26.3 Å². The summed E-state index contributed by atoms with van der Waals surface area (Å²) in [4.78, 5) is 12.8. The van der Waals surface area contributed by atoms with Gasteiger partial charge in [-0.05, 0) is 54.3 Å². The van der Waals surface area contributed by atoms with E-state index in [0.29, 0.717) is 11.3 Å². The molecule has 0 bridgehead atoms. The molecule has 0 aliphatic carbocycles. The van der Waals surface area contributed by atoms with Crippen LogP contribution in [0.15, 0.2) is 89.3 Å². The zero-order valence-corrected chi connectivity index (χ0v) is 21.2. The molecular formula is C27H18Cl2N2O4S. The molecule has 0 aliphatic rings. The molecule has 36 heavy (non-hydrogen) atoms. The quantitative estimate of drug-likeness (QED) is 0.166. The highest BCUT2D eigenvalue weighted by Crippen LogP contribution is 2.37. The highest BCUT2D eigenvalue weighted by molar-refractivity contribution is 7.87. The molecule has 4 rings (SSSR count). The third-order valence-corrected chi connectivity index (χ3v) is 7.03. The van der Waals surface area contributed by atoms with Crippen molar-refractivity contribution >= 4 is 61.8 Å². The molecule has 9 heteroatoms. The first kappa shape index (κ1) is 25.3. The number of nitriles is 1. The molecule has 1 amide bonds. The summed E-state index contributed by atoms with van der Waals surface area (Å²) in [5.41, 5.74) is 1.56. The number of nitrogens with one attached hydrogen (secondary N) is 1. The predicted molar refractivity (Wildman–Crippen MR) is 142 cm³/mol. The first-order valence-electron chi connectivity index (χ1n) is 10.6. The van der Waals surface area contributed by atoms with E-state index < -0.39 is 16.0 Å². The van der Waals surface area contributed by atoms with Crippen molar-refractivity contribution < 1.29 is 17.4 Å². The van der Waals surface area contributed by atoms with Crippen LogP contribution in [-0.2, 0) is 14.9 Å². The third-order valence-electron chi connectivity index (χ3n) is 5.24. The van der Waals surface area contributed by atoms with Gasteiger partial charge in [0.15, 0.2) is 5.75 Å². The van der Waals surface area contributed by atoms with Gasteiger partial charge in [-0.25, -0.2) is 0 Å². The maximum atomic E-state index is 12.8. The van der Waals surface area contributed by atoms with Crippen molar-refractivity contribution in [3.8, 4) is 11.8 Å². The van der Waals surface area contributed by atoms with Crippen LogP contribution >= 0.6 is 23.2 Å². The Labute approximate surface area is 218 Å². The van der Waals surface area contributed by atoms with Gasteiger partial charge >= 0.3 is 10.1 Å². The van der Waals surface area contributed by atoms with Crippen molar-refractivity contribution in [2.24, 2.45) is 0 Å². The second-order valence-electron chi connectivity index (χ2n) is 7.81. The Hall–Kier alpha value is -3.83. The molecule has 0 unspecified atom stereocenters. The molecule has 0 aromatic heterocycles. The zero-order valence-electron chi connectivity index (χ0n) is 18.8. The summed E-state index contributed by atoms with van der Waals surface area (Å²) in [6.07, 6.45) is 1.30. The molecule has 0 atom stereocenters.